The molecule has 0 unspecified atom stereocenters. The van der Waals surface area contributed by atoms with Crippen LogP contribution in [0.2, 0.25) is 0 Å². The molecule has 3 rings (SSSR count). The summed E-state index contributed by atoms with van der Waals surface area (Å²) in [5, 5.41) is 0. The Bertz CT molecular complexity index is 713. The van der Waals surface area contributed by atoms with Crippen molar-refractivity contribution in [3.05, 3.63) is 48.3 Å². The summed E-state index contributed by atoms with van der Waals surface area (Å²) in [6, 6.07) is 9.97. The Morgan fingerprint density at radius 3 is 2.50 bits per heavy atom. The molecule has 138 valence electrons. The monoisotopic (exact) mass is 353 g/mol. The smallest absolute Gasteiger partial charge is 0.228 e. The number of hydrogen-bond acceptors (Lipinski definition) is 5. The van der Waals surface area contributed by atoms with Crippen molar-refractivity contribution in [1.29, 1.82) is 0 Å². The molecule has 0 atom stereocenters. The van der Waals surface area contributed by atoms with Crippen LogP contribution in [0, 0.1) is 6.92 Å². The predicted molar refractivity (Wildman–Crippen MR) is 105 cm³/mol. The number of anilines is 2. The van der Waals surface area contributed by atoms with Crippen LogP contribution in [-0.4, -0.2) is 60.0 Å². The number of hydrogen-bond donors (Lipinski definition) is 0. The highest BCUT2D eigenvalue weighted by atomic mass is 16.2. The van der Waals surface area contributed by atoms with E-state index in [4.69, 9.17) is 0 Å². The fraction of sp³-hybridized carbons (Fsp3) is 0.450. The van der Waals surface area contributed by atoms with Crippen LogP contribution in [0.25, 0.3) is 0 Å². The lowest BCUT2D eigenvalue weighted by atomic mass is 10.2. The zero-order valence-corrected chi connectivity index (χ0v) is 15.6. The molecule has 0 saturated carbocycles. The van der Waals surface area contributed by atoms with E-state index in [1.165, 1.54) is 5.56 Å². The van der Waals surface area contributed by atoms with E-state index in [2.05, 4.69) is 38.8 Å². The van der Waals surface area contributed by atoms with Gasteiger partial charge in [0, 0.05) is 63.8 Å². The van der Waals surface area contributed by atoms with Crippen LogP contribution in [-0.2, 0) is 4.79 Å². The van der Waals surface area contributed by atoms with Gasteiger partial charge in [0.05, 0.1) is 0 Å². The average molecular weight is 353 g/mol. The van der Waals surface area contributed by atoms with Crippen molar-refractivity contribution in [3.63, 3.8) is 0 Å². The number of carbonyl (C=O) groups excluding carboxylic acids is 1. The fourth-order valence-electron chi connectivity index (χ4n) is 3.31. The van der Waals surface area contributed by atoms with Gasteiger partial charge in [0.25, 0.3) is 0 Å². The second kappa shape index (κ2) is 8.76. The summed E-state index contributed by atoms with van der Waals surface area (Å²) in [5.41, 5.74) is 2.16. The van der Waals surface area contributed by atoms with Crippen LogP contribution < -0.4 is 9.80 Å². The molecule has 1 amide bonds. The van der Waals surface area contributed by atoms with Crippen LogP contribution in [0.15, 0.2) is 42.7 Å². The van der Waals surface area contributed by atoms with E-state index in [9.17, 15) is 4.79 Å². The van der Waals surface area contributed by atoms with E-state index in [1.807, 2.05) is 30.0 Å². The molecule has 6 nitrogen and oxygen atoms in total. The Kier molecular flexibility index (Phi) is 6.17. The first-order chi connectivity index (χ1) is 12.7. The van der Waals surface area contributed by atoms with Gasteiger partial charge in [-0.25, -0.2) is 9.97 Å². The van der Waals surface area contributed by atoms with E-state index in [-0.39, 0.29) is 5.91 Å². The third-order valence-corrected chi connectivity index (χ3v) is 4.78. The zero-order valence-electron chi connectivity index (χ0n) is 15.6. The highest BCUT2D eigenvalue weighted by Gasteiger charge is 2.20. The highest BCUT2D eigenvalue weighted by Crippen LogP contribution is 2.17. The standard InChI is InChI=1S/C20H27N5O/c1-3-25(18-7-4-6-17(2)16-18)19(26)8-11-23-12-14-24(15-13-23)20-21-9-5-10-22-20/h4-7,9-10,16H,3,8,11-15H2,1-2H3. The second-order valence-electron chi connectivity index (χ2n) is 6.60. The van der Waals surface area contributed by atoms with Gasteiger partial charge in [0.15, 0.2) is 0 Å². The number of piperazine rings is 1. The van der Waals surface area contributed by atoms with Gasteiger partial charge in [-0.15, -0.1) is 0 Å². The van der Waals surface area contributed by atoms with Gasteiger partial charge in [0.1, 0.15) is 0 Å². The molecule has 0 aliphatic carbocycles. The van der Waals surface area contributed by atoms with Crippen molar-refractivity contribution in [2.24, 2.45) is 0 Å². The zero-order chi connectivity index (χ0) is 18.4. The van der Waals surface area contributed by atoms with Crippen LogP contribution in [0.4, 0.5) is 11.6 Å². The van der Waals surface area contributed by atoms with Gasteiger partial charge in [-0.2, -0.15) is 0 Å². The molecule has 1 aromatic heterocycles. The summed E-state index contributed by atoms with van der Waals surface area (Å²) in [4.78, 5) is 27.7. The Morgan fingerprint density at radius 1 is 1.12 bits per heavy atom. The minimum absolute atomic E-state index is 0.187. The number of aromatic nitrogens is 2. The van der Waals surface area contributed by atoms with Gasteiger partial charge in [-0.3, -0.25) is 9.69 Å². The Hall–Kier alpha value is -2.47. The molecule has 0 radical (unpaired) electrons. The molecule has 1 aromatic carbocycles. The van der Waals surface area contributed by atoms with Crippen molar-refractivity contribution in [2.75, 3.05) is 49.1 Å². The molecule has 6 heteroatoms. The predicted octanol–water partition coefficient (Wildman–Crippen LogP) is 2.35. The summed E-state index contributed by atoms with van der Waals surface area (Å²) in [6.45, 7) is 9.23. The third kappa shape index (κ3) is 4.58. The van der Waals surface area contributed by atoms with Crippen molar-refractivity contribution >= 4 is 17.5 Å². The van der Waals surface area contributed by atoms with Crippen LogP contribution in [0.1, 0.15) is 18.9 Å². The van der Waals surface area contributed by atoms with E-state index in [0.29, 0.717) is 13.0 Å². The van der Waals surface area contributed by atoms with Crippen molar-refractivity contribution in [2.45, 2.75) is 20.3 Å². The van der Waals surface area contributed by atoms with E-state index < -0.39 is 0 Å². The molecule has 1 aliphatic heterocycles. The molecule has 0 N–H and O–H groups in total. The summed E-state index contributed by atoms with van der Waals surface area (Å²) < 4.78 is 0. The number of aryl methyl sites for hydroxylation is 1. The average Bonchev–Trinajstić information content (AvgIpc) is 2.68. The lowest BCUT2D eigenvalue weighted by Gasteiger charge is -2.34. The molecule has 26 heavy (non-hydrogen) atoms. The number of carbonyl (C=O) groups is 1. The minimum Gasteiger partial charge on any atom is -0.338 e. The number of amides is 1. The fourth-order valence-corrected chi connectivity index (χ4v) is 3.31. The van der Waals surface area contributed by atoms with Gasteiger partial charge >= 0.3 is 0 Å². The second-order valence-corrected chi connectivity index (χ2v) is 6.60. The number of benzene rings is 1. The molecule has 1 aliphatic rings. The van der Waals surface area contributed by atoms with Crippen molar-refractivity contribution in [3.8, 4) is 0 Å². The summed E-state index contributed by atoms with van der Waals surface area (Å²) in [7, 11) is 0. The Morgan fingerprint density at radius 2 is 1.85 bits per heavy atom. The van der Waals surface area contributed by atoms with Crippen LogP contribution in [0.5, 0.6) is 0 Å². The summed E-state index contributed by atoms with van der Waals surface area (Å²) >= 11 is 0. The van der Waals surface area contributed by atoms with Crippen molar-refractivity contribution < 1.29 is 4.79 Å². The Labute approximate surface area is 155 Å². The third-order valence-electron chi connectivity index (χ3n) is 4.78. The topological polar surface area (TPSA) is 52.6 Å². The SMILES string of the molecule is CCN(C(=O)CCN1CCN(c2ncccn2)CC1)c1cccc(C)c1. The lowest BCUT2D eigenvalue weighted by molar-refractivity contribution is -0.118. The largest absolute Gasteiger partial charge is 0.338 e. The molecule has 1 fully saturated rings. The van der Waals surface area contributed by atoms with Crippen molar-refractivity contribution in [1.82, 2.24) is 14.9 Å². The van der Waals surface area contributed by atoms with Gasteiger partial charge in [0.2, 0.25) is 11.9 Å². The highest BCUT2D eigenvalue weighted by molar-refractivity contribution is 5.93. The molecule has 1 saturated heterocycles. The lowest BCUT2D eigenvalue weighted by Crippen LogP contribution is -2.48. The van der Waals surface area contributed by atoms with Gasteiger partial charge < -0.3 is 9.80 Å². The van der Waals surface area contributed by atoms with E-state index >= 15 is 0 Å². The minimum atomic E-state index is 0.187. The van der Waals surface area contributed by atoms with Crippen LogP contribution in [0.3, 0.4) is 0 Å². The maximum absolute atomic E-state index is 12.7. The molecule has 2 heterocycles. The number of nitrogens with zero attached hydrogens (tertiary/aromatic N) is 5. The molecule has 0 bridgehead atoms. The molecule has 0 spiro atoms. The molecule has 2 aromatic rings. The summed E-state index contributed by atoms with van der Waals surface area (Å²) in [5.74, 6) is 0.978. The molecular formula is C20H27N5O. The van der Waals surface area contributed by atoms with E-state index in [1.54, 1.807) is 12.4 Å². The van der Waals surface area contributed by atoms with E-state index in [0.717, 1.165) is 44.4 Å². The first-order valence-electron chi connectivity index (χ1n) is 9.28. The first-order valence-corrected chi connectivity index (χ1v) is 9.28. The summed E-state index contributed by atoms with van der Waals surface area (Å²) in [6.07, 6.45) is 4.10. The van der Waals surface area contributed by atoms with Gasteiger partial charge in [-0.05, 0) is 37.6 Å². The normalized spacial score (nSPS) is 15.1. The Balaban J connectivity index is 1.49. The maximum Gasteiger partial charge on any atom is 0.228 e. The maximum atomic E-state index is 12.7. The van der Waals surface area contributed by atoms with Gasteiger partial charge in [-0.1, -0.05) is 12.1 Å². The first kappa shape index (κ1) is 18.3. The van der Waals surface area contributed by atoms with Crippen LogP contribution >= 0.6 is 0 Å². The molecular weight excluding hydrogens is 326 g/mol. The quantitative estimate of drug-likeness (QED) is 0.798. The number of rotatable bonds is 6.